The maximum Gasteiger partial charge on any atom is 0.356 e. The predicted molar refractivity (Wildman–Crippen MR) is 65.4 cm³/mol. The van der Waals surface area contributed by atoms with Crippen molar-refractivity contribution in [3.05, 3.63) is 35.9 Å². The van der Waals surface area contributed by atoms with E-state index in [4.69, 9.17) is 15.5 Å². The molecule has 0 atom stereocenters. The number of carbonyl (C=O) groups excluding carboxylic acids is 1. The SMILES string of the molecule is Nc1cc(C=O)cc2cc(P(=O)(O)O)ccc12. The molecule has 4 N–H and O–H groups in total. The minimum absolute atomic E-state index is 0.0903. The monoisotopic (exact) mass is 251 g/mol. The van der Waals surface area contributed by atoms with E-state index >= 15 is 0 Å². The second-order valence-corrected chi connectivity index (χ2v) is 5.28. The van der Waals surface area contributed by atoms with Crippen LogP contribution in [0.15, 0.2) is 30.3 Å². The molecule has 0 unspecified atom stereocenters. The van der Waals surface area contributed by atoms with Crippen molar-refractivity contribution in [2.45, 2.75) is 0 Å². The molecule has 0 amide bonds. The summed E-state index contributed by atoms with van der Waals surface area (Å²) in [6.07, 6.45) is 0.639. The van der Waals surface area contributed by atoms with E-state index in [1.807, 2.05) is 0 Å². The number of hydrogen-bond acceptors (Lipinski definition) is 3. The van der Waals surface area contributed by atoms with Gasteiger partial charge in [-0.2, -0.15) is 0 Å². The van der Waals surface area contributed by atoms with Crippen molar-refractivity contribution in [1.82, 2.24) is 0 Å². The van der Waals surface area contributed by atoms with Gasteiger partial charge in [0.15, 0.2) is 0 Å². The average molecular weight is 251 g/mol. The van der Waals surface area contributed by atoms with Gasteiger partial charge in [0.2, 0.25) is 0 Å². The van der Waals surface area contributed by atoms with Crippen LogP contribution in [0.2, 0.25) is 0 Å². The normalized spacial score (nSPS) is 11.6. The van der Waals surface area contributed by atoms with Gasteiger partial charge in [-0.15, -0.1) is 0 Å². The van der Waals surface area contributed by atoms with E-state index < -0.39 is 7.60 Å². The lowest BCUT2D eigenvalue weighted by atomic mass is 10.1. The standard InChI is InChI=1S/C11H10NO4P/c12-11-4-7(6-13)3-8-5-9(17(14,15)16)1-2-10(8)11/h1-6H,12H2,(H2,14,15,16). The van der Waals surface area contributed by atoms with E-state index in [9.17, 15) is 9.36 Å². The molecule has 17 heavy (non-hydrogen) atoms. The number of carbonyl (C=O) groups is 1. The Morgan fingerprint density at radius 1 is 1.18 bits per heavy atom. The largest absolute Gasteiger partial charge is 0.398 e. The van der Waals surface area contributed by atoms with Gasteiger partial charge < -0.3 is 15.5 Å². The molecule has 5 nitrogen and oxygen atoms in total. The van der Waals surface area contributed by atoms with Crippen molar-refractivity contribution in [2.24, 2.45) is 0 Å². The first-order valence-corrected chi connectivity index (χ1v) is 6.37. The lowest BCUT2D eigenvalue weighted by Gasteiger charge is -2.07. The molecule has 2 aromatic rings. The lowest BCUT2D eigenvalue weighted by molar-refractivity contribution is 0.112. The highest BCUT2D eigenvalue weighted by Crippen LogP contribution is 2.35. The third-order valence-electron chi connectivity index (χ3n) is 2.46. The van der Waals surface area contributed by atoms with Gasteiger partial charge in [0.05, 0.1) is 5.30 Å². The summed E-state index contributed by atoms with van der Waals surface area (Å²) >= 11 is 0. The maximum absolute atomic E-state index is 11.1. The molecule has 2 aromatic carbocycles. The van der Waals surface area contributed by atoms with Crippen molar-refractivity contribution in [3.63, 3.8) is 0 Å². The summed E-state index contributed by atoms with van der Waals surface area (Å²) in [5, 5.41) is 1.10. The van der Waals surface area contributed by atoms with Crippen molar-refractivity contribution in [3.8, 4) is 0 Å². The Kier molecular flexibility index (Phi) is 2.75. The molecule has 0 aromatic heterocycles. The number of nitrogen functional groups attached to an aromatic ring is 1. The number of aldehydes is 1. The van der Waals surface area contributed by atoms with Crippen LogP contribution >= 0.6 is 7.60 Å². The summed E-state index contributed by atoms with van der Waals surface area (Å²) in [5.41, 5.74) is 6.52. The van der Waals surface area contributed by atoms with E-state index in [-0.39, 0.29) is 5.30 Å². The Labute approximate surface area is 97.0 Å². The Bertz CT molecular complexity index is 647. The van der Waals surface area contributed by atoms with E-state index in [0.29, 0.717) is 28.3 Å². The zero-order valence-electron chi connectivity index (χ0n) is 8.70. The Morgan fingerprint density at radius 2 is 1.88 bits per heavy atom. The minimum atomic E-state index is -4.29. The van der Waals surface area contributed by atoms with Crippen LogP contribution in [0.25, 0.3) is 10.8 Å². The van der Waals surface area contributed by atoms with Gasteiger partial charge in [-0.05, 0) is 29.7 Å². The molecule has 88 valence electrons. The molecule has 2 rings (SSSR count). The second kappa shape index (κ2) is 3.96. The van der Waals surface area contributed by atoms with E-state index in [0.717, 1.165) is 0 Å². The van der Waals surface area contributed by atoms with Gasteiger partial charge in [0.25, 0.3) is 0 Å². The van der Waals surface area contributed by atoms with Crippen LogP contribution in [0.4, 0.5) is 5.69 Å². The highest BCUT2D eigenvalue weighted by atomic mass is 31.2. The molecule has 0 bridgehead atoms. The zero-order chi connectivity index (χ0) is 12.6. The van der Waals surface area contributed by atoms with Crippen LogP contribution in [0.3, 0.4) is 0 Å². The van der Waals surface area contributed by atoms with Crippen molar-refractivity contribution in [1.29, 1.82) is 0 Å². The molecule has 6 heteroatoms. The fourth-order valence-corrected chi connectivity index (χ4v) is 2.24. The predicted octanol–water partition coefficient (Wildman–Crippen LogP) is 1.04. The summed E-state index contributed by atoms with van der Waals surface area (Å²) in [5.74, 6) is 0. The van der Waals surface area contributed by atoms with Crippen LogP contribution in [0.5, 0.6) is 0 Å². The Hall–Kier alpha value is -1.68. The van der Waals surface area contributed by atoms with Gasteiger partial charge in [0.1, 0.15) is 6.29 Å². The fourth-order valence-electron chi connectivity index (χ4n) is 1.66. The summed E-state index contributed by atoms with van der Waals surface area (Å²) in [7, 11) is -4.29. The zero-order valence-corrected chi connectivity index (χ0v) is 9.59. The Morgan fingerprint density at radius 3 is 2.47 bits per heavy atom. The molecule has 0 aliphatic rings. The average Bonchev–Trinajstić information content (AvgIpc) is 2.27. The number of benzene rings is 2. The van der Waals surface area contributed by atoms with Crippen LogP contribution < -0.4 is 11.0 Å². The number of anilines is 1. The number of nitrogens with two attached hydrogens (primary N) is 1. The van der Waals surface area contributed by atoms with Gasteiger partial charge in [-0.25, -0.2) is 0 Å². The third-order valence-corrected chi connectivity index (χ3v) is 3.41. The third kappa shape index (κ3) is 2.22. The molecular formula is C11H10NO4P. The maximum atomic E-state index is 11.1. The summed E-state index contributed by atoms with van der Waals surface area (Å²) < 4.78 is 11.1. The Balaban J connectivity index is 2.76. The van der Waals surface area contributed by atoms with E-state index in [1.165, 1.54) is 30.3 Å². The van der Waals surface area contributed by atoms with E-state index in [1.54, 1.807) is 0 Å². The first-order valence-electron chi connectivity index (χ1n) is 4.76. The van der Waals surface area contributed by atoms with Crippen LogP contribution in [0, 0.1) is 0 Å². The first-order chi connectivity index (χ1) is 7.91. The molecule has 0 spiro atoms. The molecule has 0 saturated heterocycles. The quantitative estimate of drug-likeness (QED) is 0.420. The van der Waals surface area contributed by atoms with Gasteiger partial charge >= 0.3 is 7.60 Å². The summed E-state index contributed by atoms with van der Waals surface area (Å²) in [4.78, 5) is 28.8. The number of hydrogen-bond donors (Lipinski definition) is 3. The number of fused-ring (bicyclic) bond motifs is 1. The van der Waals surface area contributed by atoms with Crippen molar-refractivity contribution >= 4 is 35.6 Å². The first kappa shape index (κ1) is 11.8. The molecule has 0 fully saturated rings. The lowest BCUT2D eigenvalue weighted by Crippen LogP contribution is -2.03. The highest BCUT2D eigenvalue weighted by molar-refractivity contribution is 7.60. The highest BCUT2D eigenvalue weighted by Gasteiger charge is 2.17. The van der Waals surface area contributed by atoms with Crippen LogP contribution in [0.1, 0.15) is 10.4 Å². The molecule has 0 radical (unpaired) electrons. The van der Waals surface area contributed by atoms with Crippen molar-refractivity contribution < 1.29 is 19.1 Å². The van der Waals surface area contributed by atoms with Crippen LogP contribution in [-0.4, -0.2) is 16.1 Å². The smallest absolute Gasteiger partial charge is 0.356 e. The summed E-state index contributed by atoms with van der Waals surface area (Å²) in [6.45, 7) is 0. The molecular weight excluding hydrogens is 241 g/mol. The second-order valence-electron chi connectivity index (χ2n) is 3.68. The van der Waals surface area contributed by atoms with Crippen LogP contribution in [-0.2, 0) is 4.57 Å². The topological polar surface area (TPSA) is 101 Å². The van der Waals surface area contributed by atoms with E-state index in [2.05, 4.69) is 0 Å². The molecule has 0 saturated carbocycles. The van der Waals surface area contributed by atoms with Gasteiger partial charge in [-0.3, -0.25) is 9.36 Å². The van der Waals surface area contributed by atoms with Crippen molar-refractivity contribution in [2.75, 3.05) is 5.73 Å². The minimum Gasteiger partial charge on any atom is -0.398 e. The summed E-state index contributed by atoms with van der Waals surface area (Å²) in [6, 6.07) is 7.28. The molecule has 0 aliphatic carbocycles. The molecule has 0 heterocycles. The fraction of sp³-hybridized carbons (Fsp3) is 0. The van der Waals surface area contributed by atoms with Gasteiger partial charge in [-0.1, -0.05) is 6.07 Å². The van der Waals surface area contributed by atoms with Gasteiger partial charge in [0, 0.05) is 16.6 Å². The molecule has 0 aliphatic heterocycles. The number of rotatable bonds is 2.